The molecule has 0 aliphatic rings. The Balaban J connectivity index is 2.14. The average Bonchev–Trinajstić information content (AvgIpc) is 2.45. The molecule has 0 saturated carbocycles. The number of hydrogen-bond donors (Lipinski definition) is 2. The Morgan fingerprint density at radius 3 is 2.55 bits per heavy atom. The first kappa shape index (κ1) is 14.8. The van der Waals surface area contributed by atoms with Gasteiger partial charge < -0.3 is 10.6 Å². The molecule has 20 heavy (non-hydrogen) atoms. The highest BCUT2D eigenvalue weighted by molar-refractivity contribution is 9.10. The van der Waals surface area contributed by atoms with E-state index < -0.39 is 0 Å². The molecule has 0 bridgehead atoms. The second-order valence-corrected chi connectivity index (χ2v) is 5.80. The lowest BCUT2D eigenvalue weighted by atomic mass is 10.2. The molecule has 106 valence electrons. The number of nitrogens with one attached hydrogen (secondary N) is 2. The Kier molecular flexibility index (Phi) is 4.95. The third-order valence-electron chi connectivity index (χ3n) is 2.88. The first-order chi connectivity index (χ1) is 9.58. The van der Waals surface area contributed by atoms with Gasteiger partial charge in [-0.1, -0.05) is 41.9 Å². The second kappa shape index (κ2) is 6.70. The van der Waals surface area contributed by atoms with E-state index in [1.54, 1.807) is 0 Å². The van der Waals surface area contributed by atoms with Crippen molar-refractivity contribution < 1.29 is 0 Å². The number of aromatic nitrogens is 2. The van der Waals surface area contributed by atoms with E-state index in [1.807, 2.05) is 25.2 Å². The van der Waals surface area contributed by atoms with Gasteiger partial charge in [-0.15, -0.1) is 0 Å². The Morgan fingerprint density at radius 1 is 1.15 bits per heavy atom. The monoisotopic (exact) mass is 334 g/mol. The molecule has 0 spiro atoms. The maximum absolute atomic E-state index is 4.54. The van der Waals surface area contributed by atoms with E-state index in [-0.39, 0.29) is 0 Å². The fourth-order valence-corrected chi connectivity index (χ4v) is 2.23. The van der Waals surface area contributed by atoms with Crippen LogP contribution in [0.4, 0.5) is 11.6 Å². The van der Waals surface area contributed by atoms with Crippen LogP contribution in [0.2, 0.25) is 0 Å². The zero-order valence-corrected chi connectivity index (χ0v) is 13.5. The Morgan fingerprint density at radius 2 is 1.90 bits per heavy atom. The van der Waals surface area contributed by atoms with Gasteiger partial charge in [0.15, 0.2) is 0 Å². The average molecular weight is 335 g/mol. The van der Waals surface area contributed by atoms with E-state index in [1.165, 1.54) is 5.56 Å². The smallest absolute Gasteiger partial charge is 0.135 e. The second-order valence-electron chi connectivity index (χ2n) is 4.88. The molecule has 5 heteroatoms. The molecule has 0 aliphatic heterocycles. The van der Waals surface area contributed by atoms with Gasteiger partial charge in [0, 0.05) is 30.0 Å². The van der Waals surface area contributed by atoms with Crippen LogP contribution in [0.1, 0.15) is 31.2 Å². The van der Waals surface area contributed by atoms with Crippen molar-refractivity contribution in [2.75, 3.05) is 17.7 Å². The summed E-state index contributed by atoms with van der Waals surface area (Å²) < 4.78 is 1.08. The van der Waals surface area contributed by atoms with Crippen molar-refractivity contribution in [1.29, 1.82) is 0 Å². The predicted molar refractivity (Wildman–Crippen MR) is 87.1 cm³/mol. The molecular weight excluding hydrogens is 316 g/mol. The molecule has 2 rings (SSSR count). The normalized spacial score (nSPS) is 10.7. The summed E-state index contributed by atoms with van der Waals surface area (Å²) >= 11 is 3.48. The zero-order valence-electron chi connectivity index (χ0n) is 11.9. The number of anilines is 2. The maximum Gasteiger partial charge on any atom is 0.135 e. The number of nitrogens with zero attached hydrogens (tertiary/aromatic N) is 2. The van der Waals surface area contributed by atoms with Gasteiger partial charge in [0.2, 0.25) is 0 Å². The van der Waals surface area contributed by atoms with Crippen molar-refractivity contribution in [3.8, 4) is 0 Å². The minimum atomic E-state index is 0.301. The highest BCUT2D eigenvalue weighted by Gasteiger charge is 2.07. The van der Waals surface area contributed by atoms with Crippen molar-refractivity contribution in [3.05, 3.63) is 46.2 Å². The van der Waals surface area contributed by atoms with Gasteiger partial charge in [0.1, 0.15) is 17.5 Å². The molecule has 0 radical (unpaired) electrons. The summed E-state index contributed by atoms with van der Waals surface area (Å²) in [5, 5.41) is 6.42. The topological polar surface area (TPSA) is 49.8 Å². The summed E-state index contributed by atoms with van der Waals surface area (Å²) in [7, 11) is 1.87. The van der Waals surface area contributed by atoms with Gasteiger partial charge in [-0.2, -0.15) is 0 Å². The first-order valence-electron chi connectivity index (χ1n) is 6.63. The van der Waals surface area contributed by atoms with Crippen molar-refractivity contribution in [1.82, 2.24) is 9.97 Å². The predicted octanol–water partition coefficient (Wildman–Crippen LogP) is 4.02. The summed E-state index contributed by atoms with van der Waals surface area (Å²) in [6.45, 7) is 4.91. The molecule has 2 N–H and O–H groups in total. The number of benzene rings is 1. The number of rotatable bonds is 5. The van der Waals surface area contributed by atoms with Crippen molar-refractivity contribution in [3.63, 3.8) is 0 Å². The molecule has 0 atom stereocenters. The molecule has 1 heterocycles. The highest BCUT2D eigenvalue weighted by atomic mass is 79.9. The number of halogens is 1. The Bertz CT molecular complexity index is 584. The van der Waals surface area contributed by atoms with E-state index >= 15 is 0 Å². The molecule has 2 aromatic rings. The van der Waals surface area contributed by atoms with Crippen LogP contribution in [0.3, 0.4) is 0 Å². The van der Waals surface area contributed by atoms with Crippen LogP contribution in [0.15, 0.2) is 34.8 Å². The largest absolute Gasteiger partial charge is 0.373 e. The minimum Gasteiger partial charge on any atom is -0.373 e. The first-order valence-corrected chi connectivity index (χ1v) is 7.43. The lowest BCUT2D eigenvalue weighted by Crippen LogP contribution is -2.07. The fourth-order valence-electron chi connectivity index (χ4n) is 1.78. The van der Waals surface area contributed by atoms with Crippen LogP contribution >= 0.6 is 15.9 Å². The van der Waals surface area contributed by atoms with Crippen LogP contribution in [-0.2, 0) is 6.54 Å². The van der Waals surface area contributed by atoms with Crippen molar-refractivity contribution in [2.24, 2.45) is 0 Å². The van der Waals surface area contributed by atoms with Crippen LogP contribution in [0.25, 0.3) is 0 Å². The van der Waals surface area contributed by atoms with E-state index in [4.69, 9.17) is 0 Å². The lowest BCUT2D eigenvalue weighted by molar-refractivity contribution is 0.776. The van der Waals surface area contributed by atoms with Gasteiger partial charge in [0.05, 0.1) is 0 Å². The van der Waals surface area contributed by atoms with Crippen LogP contribution in [-0.4, -0.2) is 17.0 Å². The highest BCUT2D eigenvalue weighted by Crippen LogP contribution is 2.18. The Hall–Kier alpha value is -1.62. The van der Waals surface area contributed by atoms with Crippen molar-refractivity contribution >= 4 is 27.6 Å². The lowest BCUT2D eigenvalue weighted by Gasteiger charge is -2.11. The summed E-state index contributed by atoms with van der Waals surface area (Å²) in [5.41, 5.74) is 1.20. The van der Waals surface area contributed by atoms with E-state index in [2.05, 4.69) is 62.5 Å². The van der Waals surface area contributed by atoms with Gasteiger partial charge in [-0.3, -0.25) is 0 Å². The minimum absolute atomic E-state index is 0.301. The fraction of sp³-hybridized carbons (Fsp3) is 0.333. The van der Waals surface area contributed by atoms with Crippen LogP contribution < -0.4 is 10.6 Å². The zero-order chi connectivity index (χ0) is 14.5. The van der Waals surface area contributed by atoms with Gasteiger partial charge in [-0.05, 0) is 17.7 Å². The molecule has 0 amide bonds. The summed E-state index contributed by atoms with van der Waals surface area (Å²) in [4.78, 5) is 9.00. The Labute approximate surface area is 128 Å². The maximum atomic E-state index is 4.54. The van der Waals surface area contributed by atoms with E-state index in [0.29, 0.717) is 5.92 Å². The van der Waals surface area contributed by atoms with E-state index in [9.17, 15) is 0 Å². The summed E-state index contributed by atoms with van der Waals surface area (Å²) in [6, 6.07) is 10.1. The molecule has 1 aromatic carbocycles. The third-order valence-corrected chi connectivity index (χ3v) is 3.37. The molecule has 0 unspecified atom stereocenters. The van der Waals surface area contributed by atoms with Crippen molar-refractivity contribution in [2.45, 2.75) is 26.3 Å². The molecule has 0 fully saturated rings. The number of hydrogen-bond acceptors (Lipinski definition) is 4. The SMILES string of the molecule is CNc1cc(NCc2cccc(Br)c2)nc(C(C)C)n1. The third kappa shape index (κ3) is 3.93. The van der Waals surface area contributed by atoms with Crippen LogP contribution in [0.5, 0.6) is 0 Å². The molecule has 1 aromatic heterocycles. The molecule has 0 aliphatic carbocycles. The van der Waals surface area contributed by atoms with E-state index in [0.717, 1.165) is 28.5 Å². The quantitative estimate of drug-likeness (QED) is 0.867. The molecule has 4 nitrogen and oxygen atoms in total. The summed E-state index contributed by atoms with van der Waals surface area (Å²) in [5.74, 6) is 2.82. The molecular formula is C15H19BrN4. The van der Waals surface area contributed by atoms with Crippen LogP contribution in [0, 0.1) is 0 Å². The summed E-state index contributed by atoms with van der Waals surface area (Å²) in [6.07, 6.45) is 0. The van der Waals surface area contributed by atoms with Gasteiger partial charge >= 0.3 is 0 Å². The van der Waals surface area contributed by atoms with Gasteiger partial charge in [-0.25, -0.2) is 9.97 Å². The standard InChI is InChI=1S/C15H19BrN4/c1-10(2)15-19-13(17-3)8-14(20-15)18-9-11-5-4-6-12(16)7-11/h4-8,10H,9H2,1-3H3,(H2,17,18,19,20). The molecule has 0 saturated heterocycles. The van der Waals surface area contributed by atoms with Gasteiger partial charge in [0.25, 0.3) is 0 Å².